The van der Waals surface area contributed by atoms with Crippen molar-refractivity contribution in [1.29, 1.82) is 0 Å². The fraction of sp³-hybridized carbons (Fsp3) is 0. The van der Waals surface area contributed by atoms with Gasteiger partial charge in [0.2, 0.25) is 5.91 Å². The molecule has 2 rings (SSSR count). The minimum absolute atomic E-state index is 0.141. The van der Waals surface area contributed by atoms with E-state index in [9.17, 15) is 13.2 Å². The highest BCUT2D eigenvalue weighted by Gasteiger charge is 2.11. The quantitative estimate of drug-likeness (QED) is 0.521. The Labute approximate surface area is 155 Å². The average Bonchev–Trinajstić information content (AvgIpc) is 2.41. The Morgan fingerprint density at radius 2 is 1.83 bits per heavy atom. The summed E-state index contributed by atoms with van der Waals surface area (Å²) in [5, 5.41) is 0.910. The SMILES string of the molecule is NC(=O)c1ccc(Cl)cc1Cl.O=S(=O)(O)c1cnc(Cl)c(Br)c1. The molecule has 6 nitrogen and oxygen atoms in total. The molecule has 0 aliphatic heterocycles. The number of primary amides is 1. The molecule has 1 amide bonds. The number of pyridine rings is 1. The molecule has 0 spiro atoms. The maximum Gasteiger partial charge on any atom is 0.296 e. The van der Waals surface area contributed by atoms with Crippen molar-refractivity contribution in [1.82, 2.24) is 4.98 Å². The molecule has 1 aromatic heterocycles. The van der Waals surface area contributed by atoms with Crippen LogP contribution >= 0.6 is 50.7 Å². The van der Waals surface area contributed by atoms with Gasteiger partial charge in [0, 0.05) is 11.2 Å². The maximum atomic E-state index is 10.6. The van der Waals surface area contributed by atoms with Gasteiger partial charge in [0.1, 0.15) is 10.0 Å². The van der Waals surface area contributed by atoms with Crippen LogP contribution in [0.5, 0.6) is 0 Å². The highest BCUT2D eigenvalue weighted by atomic mass is 79.9. The molecule has 0 unspecified atom stereocenters. The van der Waals surface area contributed by atoms with E-state index >= 15 is 0 Å². The Bertz CT molecular complexity index is 846. The van der Waals surface area contributed by atoms with Crippen LogP contribution in [0.2, 0.25) is 15.2 Å². The molecule has 0 atom stereocenters. The molecule has 1 aromatic carbocycles. The second-order valence-corrected chi connectivity index (χ2v) is 7.38. The normalized spacial score (nSPS) is 10.7. The van der Waals surface area contributed by atoms with Crippen LogP contribution in [0.1, 0.15) is 10.4 Å². The van der Waals surface area contributed by atoms with Gasteiger partial charge in [-0.15, -0.1) is 0 Å². The maximum absolute atomic E-state index is 10.6. The number of benzene rings is 1. The lowest BCUT2D eigenvalue weighted by atomic mass is 10.2. The van der Waals surface area contributed by atoms with Crippen molar-refractivity contribution < 1.29 is 17.8 Å². The summed E-state index contributed by atoms with van der Waals surface area (Å²) in [5.74, 6) is -0.549. The zero-order valence-corrected chi connectivity index (χ0v) is 15.7. The number of nitrogens with two attached hydrogens (primary N) is 1. The van der Waals surface area contributed by atoms with Crippen LogP contribution in [0.4, 0.5) is 0 Å². The molecule has 0 aliphatic carbocycles. The Kier molecular flexibility index (Phi) is 7.25. The number of hydrogen-bond donors (Lipinski definition) is 2. The van der Waals surface area contributed by atoms with Crippen molar-refractivity contribution in [3.63, 3.8) is 0 Å². The molecular formula is C12H8BrCl3N2O4S. The number of rotatable bonds is 2. The first-order valence-corrected chi connectivity index (χ1v) is 8.92. The molecule has 3 N–H and O–H groups in total. The van der Waals surface area contributed by atoms with Crippen molar-refractivity contribution >= 4 is 66.8 Å². The van der Waals surface area contributed by atoms with Crippen LogP contribution in [0.15, 0.2) is 39.8 Å². The van der Waals surface area contributed by atoms with Gasteiger partial charge in [-0.1, -0.05) is 34.8 Å². The van der Waals surface area contributed by atoms with Gasteiger partial charge >= 0.3 is 0 Å². The van der Waals surface area contributed by atoms with Crippen molar-refractivity contribution in [2.24, 2.45) is 5.73 Å². The van der Waals surface area contributed by atoms with Crippen LogP contribution < -0.4 is 5.73 Å². The third kappa shape index (κ3) is 6.25. The summed E-state index contributed by atoms with van der Waals surface area (Å²) >= 11 is 19.7. The molecule has 0 saturated heterocycles. The van der Waals surface area contributed by atoms with Crippen LogP contribution in [-0.4, -0.2) is 23.9 Å². The fourth-order valence-corrected chi connectivity index (χ4v) is 2.79. The zero-order valence-electron chi connectivity index (χ0n) is 11.0. The van der Waals surface area contributed by atoms with Gasteiger partial charge in [-0.3, -0.25) is 9.35 Å². The van der Waals surface area contributed by atoms with Gasteiger partial charge in [0.05, 0.1) is 15.1 Å². The average molecular weight is 463 g/mol. The molecule has 0 aliphatic rings. The number of carbonyl (C=O) groups excluding carboxylic acids is 1. The molecule has 11 heteroatoms. The minimum Gasteiger partial charge on any atom is -0.366 e. The van der Waals surface area contributed by atoms with Gasteiger partial charge in [0.25, 0.3) is 10.1 Å². The highest BCUT2D eigenvalue weighted by Crippen LogP contribution is 2.22. The standard InChI is InChI=1S/C7H5Cl2NO.C5H3BrClNO3S/c8-4-1-2-5(7(10)11)6(9)3-4;6-4-1-3(12(9,10)11)2-8-5(4)7/h1-3H,(H2,10,11);1-2H,(H,9,10,11). The number of aromatic nitrogens is 1. The number of nitrogens with zero attached hydrogens (tertiary/aromatic N) is 1. The first kappa shape index (κ1) is 20.1. The second kappa shape index (κ2) is 8.27. The van der Waals surface area contributed by atoms with Crippen LogP contribution in [0.3, 0.4) is 0 Å². The van der Waals surface area contributed by atoms with Crippen LogP contribution in [0.25, 0.3) is 0 Å². The second-order valence-electron chi connectivity index (χ2n) is 3.91. The van der Waals surface area contributed by atoms with Gasteiger partial charge < -0.3 is 5.73 Å². The molecule has 0 saturated carbocycles. The number of hydrogen-bond acceptors (Lipinski definition) is 4. The van der Waals surface area contributed by atoms with Gasteiger partial charge in [-0.25, -0.2) is 4.98 Å². The number of halogens is 4. The van der Waals surface area contributed by atoms with Crippen LogP contribution in [-0.2, 0) is 10.1 Å². The molecule has 0 bridgehead atoms. The molecular weight excluding hydrogens is 454 g/mol. The minimum atomic E-state index is -4.19. The lowest BCUT2D eigenvalue weighted by molar-refractivity contribution is 0.100. The largest absolute Gasteiger partial charge is 0.366 e. The fourth-order valence-electron chi connectivity index (χ4n) is 1.23. The summed E-state index contributed by atoms with van der Waals surface area (Å²) in [6.07, 6.45) is 0.975. The van der Waals surface area contributed by atoms with Gasteiger partial charge in [-0.05, 0) is 40.2 Å². The Morgan fingerprint density at radius 3 is 2.26 bits per heavy atom. The Balaban J connectivity index is 0.000000231. The Morgan fingerprint density at radius 1 is 1.22 bits per heavy atom. The van der Waals surface area contributed by atoms with Crippen molar-refractivity contribution in [2.45, 2.75) is 4.90 Å². The van der Waals surface area contributed by atoms with Crippen molar-refractivity contribution in [2.75, 3.05) is 0 Å². The molecule has 2 aromatic rings. The molecule has 0 radical (unpaired) electrons. The van der Waals surface area contributed by atoms with Crippen molar-refractivity contribution in [3.05, 3.63) is 55.7 Å². The Hall–Kier alpha value is -0.900. The van der Waals surface area contributed by atoms with E-state index in [0.29, 0.717) is 9.50 Å². The molecule has 0 fully saturated rings. The predicted octanol–water partition coefficient (Wildman–Crippen LogP) is 3.84. The van der Waals surface area contributed by atoms with Gasteiger partial charge in [0.15, 0.2) is 0 Å². The van der Waals surface area contributed by atoms with Crippen molar-refractivity contribution in [3.8, 4) is 0 Å². The van der Waals surface area contributed by atoms with E-state index in [0.717, 1.165) is 6.20 Å². The van der Waals surface area contributed by atoms with E-state index in [1.54, 1.807) is 6.07 Å². The number of carbonyl (C=O) groups is 1. The topological polar surface area (TPSA) is 110 Å². The van der Waals surface area contributed by atoms with Crippen LogP contribution in [0, 0.1) is 0 Å². The lowest BCUT2D eigenvalue weighted by Gasteiger charge is -1.97. The smallest absolute Gasteiger partial charge is 0.296 e. The lowest BCUT2D eigenvalue weighted by Crippen LogP contribution is -2.11. The third-order valence-corrected chi connectivity index (χ3v) is 4.77. The van der Waals surface area contributed by atoms with E-state index in [1.165, 1.54) is 18.2 Å². The first-order valence-electron chi connectivity index (χ1n) is 5.55. The van der Waals surface area contributed by atoms with Gasteiger partial charge in [-0.2, -0.15) is 8.42 Å². The predicted molar refractivity (Wildman–Crippen MR) is 91.7 cm³/mol. The zero-order chi connectivity index (χ0) is 17.8. The van der Waals surface area contributed by atoms with E-state index in [4.69, 9.17) is 45.1 Å². The molecule has 1 heterocycles. The summed E-state index contributed by atoms with van der Waals surface area (Å²) in [6.45, 7) is 0. The molecule has 23 heavy (non-hydrogen) atoms. The first-order chi connectivity index (χ1) is 10.5. The third-order valence-electron chi connectivity index (χ3n) is 2.27. The summed E-state index contributed by atoms with van der Waals surface area (Å²) in [7, 11) is -4.19. The van der Waals surface area contributed by atoms with E-state index in [-0.39, 0.29) is 20.6 Å². The highest BCUT2D eigenvalue weighted by molar-refractivity contribution is 9.10. The monoisotopic (exact) mass is 460 g/mol. The van der Waals surface area contributed by atoms with E-state index in [1.807, 2.05) is 0 Å². The summed E-state index contributed by atoms with van der Waals surface area (Å²) < 4.78 is 30.0. The van der Waals surface area contributed by atoms with E-state index < -0.39 is 16.0 Å². The van der Waals surface area contributed by atoms with E-state index in [2.05, 4.69) is 20.9 Å². The summed E-state index contributed by atoms with van der Waals surface area (Å²) in [6, 6.07) is 5.70. The summed E-state index contributed by atoms with van der Waals surface area (Å²) in [5.41, 5.74) is 5.29. The molecule has 124 valence electrons. The number of amides is 1. The summed E-state index contributed by atoms with van der Waals surface area (Å²) in [4.78, 5) is 13.9.